The third-order valence-electron chi connectivity index (χ3n) is 3.19. The van der Waals surface area contributed by atoms with Crippen LogP contribution in [0.5, 0.6) is 0 Å². The molecule has 0 N–H and O–H groups in total. The molecule has 0 bridgehead atoms. The molecular weight excluding hydrogens is 300 g/mol. The number of carbonyl (C=O) groups excluding carboxylic acids is 3. The van der Waals surface area contributed by atoms with Crippen LogP contribution in [0.1, 0.15) is 59.3 Å². The number of carbonyl (C=O) groups is 3. The van der Waals surface area contributed by atoms with E-state index in [9.17, 15) is 14.4 Å². The van der Waals surface area contributed by atoms with Gasteiger partial charge in [-0.1, -0.05) is 12.8 Å². The fraction of sp³-hybridized carbons (Fsp3) is 0.706. The van der Waals surface area contributed by atoms with Crippen LogP contribution in [0.15, 0.2) is 12.2 Å². The summed E-state index contributed by atoms with van der Waals surface area (Å²) in [7, 11) is 0. The number of rotatable bonds is 5. The number of esters is 3. The maximum absolute atomic E-state index is 11.6. The molecule has 0 aromatic carbocycles. The molecule has 1 saturated carbocycles. The van der Waals surface area contributed by atoms with Gasteiger partial charge in [0.25, 0.3) is 0 Å². The first-order valence-electron chi connectivity index (χ1n) is 8.03. The van der Waals surface area contributed by atoms with E-state index in [1.807, 2.05) is 0 Å². The minimum absolute atomic E-state index is 0.0765. The highest BCUT2D eigenvalue weighted by molar-refractivity contribution is 5.92. The molecule has 1 aliphatic rings. The zero-order valence-electron chi connectivity index (χ0n) is 14.1. The van der Waals surface area contributed by atoms with Crippen LogP contribution in [0.4, 0.5) is 0 Å². The third-order valence-corrected chi connectivity index (χ3v) is 3.19. The lowest BCUT2D eigenvalue weighted by Gasteiger charge is -2.19. The second-order valence-electron chi connectivity index (χ2n) is 6.58. The van der Waals surface area contributed by atoms with Gasteiger partial charge < -0.3 is 14.2 Å². The largest absolute Gasteiger partial charge is 0.459 e. The van der Waals surface area contributed by atoms with Crippen molar-refractivity contribution in [2.75, 3.05) is 6.61 Å². The predicted molar refractivity (Wildman–Crippen MR) is 83.5 cm³/mol. The summed E-state index contributed by atoms with van der Waals surface area (Å²) in [5, 5.41) is 0. The molecule has 0 aliphatic heterocycles. The first-order valence-corrected chi connectivity index (χ1v) is 8.03. The topological polar surface area (TPSA) is 78.9 Å². The Bertz CT molecular complexity index is 438. The van der Waals surface area contributed by atoms with Crippen LogP contribution in [0.25, 0.3) is 0 Å². The molecule has 1 fully saturated rings. The van der Waals surface area contributed by atoms with Gasteiger partial charge in [0, 0.05) is 12.2 Å². The van der Waals surface area contributed by atoms with Crippen molar-refractivity contribution in [2.24, 2.45) is 0 Å². The van der Waals surface area contributed by atoms with Crippen molar-refractivity contribution in [2.45, 2.75) is 71.0 Å². The summed E-state index contributed by atoms with van der Waals surface area (Å²) in [5.74, 6) is -1.99. The molecule has 130 valence electrons. The molecule has 0 aromatic rings. The van der Waals surface area contributed by atoms with Gasteiger partial charge in [-0.05, 0) is 46.5 Å². The lowest BCUT2D eigenvalue weighted by Crippen LogP contribution is -2.27. The highest BCUT2D eigenvalue weighted by Gasteiger charge is 2.18. The van der Waals surface area contributed by atoms with E-state index >= 15 is 0 Å². The van der Waals surface area contributed by atoms with Crippen molar-refractivity contribution in [3.05, 3.63) is 12.2 Å². The summed E-state index contributed by atoms with van der Waals surface area (Å²) in [6.07, 6.45) is 8.09. The van der Waals surface area contributed by atoms with E-state index in [2.05, 4.69) is 0 Å². The molecule has 0 amide bonds. The average Bonchev–Trinajstić information content (AvgIpc) is 2.69. The van der Waals surface area contributed by atoms with Crippen molar-refractivity contribution in [1.82, 2.24) is 0 Å². The normalized spacial score (nSPS) is 16.7. The van der Waals surface area contributed by atoms with Crippen LogP contribution >= 0.6 is 0 Å². The molecule has 6 nitrogen and oxygen atoms in total. The molecule has 1 aliphatic carbocycles. The van der Waals surface area contributed by atoms with Gasteiger partial charge in [-0.3, -0.25) is 0 Å². The van der Waals surface area contributed by atoms with Crippen LogP contribution in [0, 0.1) is 0 Å². The van der Waals surface area contributed by atoms with E-state index in [0.717, 1.165) is 37.8 Å². The van der Waals surface area contributed by atoms with Gasteiger partial charge in [0.2, 0.25) is 0 Å². The zero-order valence-corrected chi connectivity index (χ0v) is 14.1. The Morgan fingerprint density at radius 1 is 0.957 bits per heavy atom. The smallest absolute Gasteiger partial charge is 0.344 e. The summed E-state index contributed by atoms with van der Waals surface area (Å²) < 4.78 is 15.0. The molecule has 0 aromatic heterocycles. The molecule has 0 heterocycles. The fourth-order valence-electron chi connectivity index (χ4n) is 2.25. The Morgan fingerprint density at radius 3 is 2.09 bits per heavy atom. The minimum Gasteiger partial charge on any atom is -0.459 e. The Kier molecular flexibility index (Phi) is 7.78. The standard InChI is InChI=1S/C17H26O6/c1-17(2,3)23-16(20)12-21-14(18)10-11-15(19)22-13-8-6-4-5-7-9-13/h10-11,13H,4-9,12H2,1-3H3/b11-10+. The van der Waals surface area contributed by atoms with Crippen molar-refractivity contribution in [3.63, 3.8) is 0 Å². The Morgan fingerprint density at radius 2 is 1.52 bits per heavy atom. The summed E-state index contributed by atoms with van der Waals surface area (Å²) in [4.78, 5) is 34.5. The van der Waals surface area contributed by atoms with E-state index in [1.165, 1.54) is 12.8 Å². The summed E-state index contributed by atoms with van der Waals surface area (Å²) in [6, 6.07) is 0. The van der Waals surface area contributed by atoms with Gasteiger partial charge >= 0.3 is 17.9 Å². The van der Waals surface area contributed by atoms with E-state index in [-0.39, 0.29) is 6.10 Å². The molecule has 23 heavy (non-hydrogen) atoms. The maximum Gasteiger partial charge on any atom is 0.344 e. The van der Waals surface area contributed by atoms with Gasteiger partial charge in [0.05, 0.1) is 0 Å². The van der Waals surface area contributed by atoms with Gasteiger partial charge in [0.15, 0.2) is 6.61 Å². The molecule has 6 heteroatoms. The Balaban J connectivity index is 2.28. The molecule has 0 radical (unpaired) electrons. The molecule has 1 rings (SSSR count). The van der Waals surface area contributed by atoms with Gasteiger partial charge in [-0.25, -0.2) is 14.4 Å². The number of hydrogen-bond acceptors (Lipinski definition) is 6. The van der Waals surface area contributed by atoms with Crippen LogP contribution in [-0.2, 0) is 28.6 Å². The van der Waals surface area contributed by atoms with Crippen molar-refractivity contribution in [1.29, 1.82) is 0 Å². The highest BCUT2D eigenvalue weighted by Crippen LogP contribution is 2.19. The van der Waals surface area contributed by atoms with Crippen molar-refractivity contribution < 1.29 is 28.6 Å². The summed E-state index contributed by atoms with van der Waals surface area (Å²) in [5.41, 5.74) is -0.637. The van der Waals surface area contributed by atoms with E-state index in [1.54, 1.807) is 20.8 Å². The van der Waals surface area contributed by atoms with Crippen LogP contribution in [0.3, 0.4) is 0 Å². The Hall–Kier alpha value is -1.85. The van der Waals surface area contributed by atoms with Gasteiger partial charge in [0.1, 0.15) is 11.7 Å². The lowest BCUT2D eigenvalue weighted by atomic mass is 10.1. The highest BCUT2D eigenvalue weighted by atomic mass is 16.6. The molecule has 0 atom stereocenters. The maximum atomic E-state index is 11.6. The number of ether oxygens (including phenoxy) is 3. The average molecular weight is 326 g/mol. The van der Waals surface area contributed by atoms with Crippen molar-refractivity contribution >= 4 is 17.9 Å². The first kappa shape index (κ1) is 19.2. The Labute approximate surface area is 137 Å². The fourth-order valence-corrected chi connectivity index (χ4v) is 2.25. The second-order valence-corrected chi connectivity index (χ2v) is 6.58. The molecule has 0 saturated heterocycles. The van der Waals surface area contributed by atoms with Gasteiger partial charge in [-0.15, -0.1) is 0 Å². The zero-order chi connectivity index (χ0) is 17.3. The minimum atomic E-state index is -0.784. The van der Waals surface area contributed by atoms with E-state index < -0.39 is 30.1 Å². The van der Waals surface area contributed by atoms with Crippen LogP contribution in [0.2, 0.25) is 0 Å². The van der Waals surface area contributed by atoms with E-state index in [4.69, 9.17) is 14.2 Å². The summed E-state index contributed by atoms with van der Waals surface area (Å²) >= 11 is 0. The molecule has 0 spiro atoms. The van der Waals surface area contributed by atoms with Crippen molar-refractivity contribution in [3.8, 4) is 0 Å². The van der Waals surface area contributed by atoms with E-state index in [0.29, 0.717) is 0 Å². The predicted octanol–water partition coefficient (Wildman–Crippen LogP) is 2.69. The summed E-state index contributed by atoms with van der Waals surface area (Å²) in [6.45, 7) is 4.67. The van der Waals surface area contributed by atoms with Crippen LogP contribution < -0.4 is 0 Å². The monoisotopic (exact) mass is 326 g/mol. The van der Waals surface area contributed by atoms with Crippen LogP contribution in [-0.4, -0.2) is 36.2 Å². The van der Waals surface area contributed by atoms with Gasteiger partial charge in [-0.2, -0.15) is 0 Å². The SMILES string of the molecule is CC(C)(C)OC(=O)COC(=O)/C=C/C(=O)OC1CCCCCC1. The third kappa shape index (κ3) is 9.71. The molecular formula is C17H26O6. The lowest BCUT2D eigenvalue weighted by molar-refractivity contribution is -0.164. The second kappa shape index (κ2) is 9.33. The number of hydrogen-bond donors (Lipinski definition) is 0. The first-order chi connectivity index (χ1) is 10.8. The molecule has 0 unspecified atom stereocenters. The quantitative estimate of drug-likeness (QED) is 0.334.